The number of nitrogen functional groups attached to an aromatic ring is 1. The lowest BCUT2D eigenvalue weighted by molar-refractivity contribution is -0.274. The smallest absolute Gasteiger partial charge is 0.403 e. The van der Waals surface area contributed by atoms with Crippen LogP contribution in [0.5, 0.6) is 5.75 Å². The molecule has 0 aliphatic rings. The highest BCUT2D eigenvalue weighted by molar-refractivity contribution is 5.47. The Morgan fingerprint density at radius 1 is 1.50 bits per heavy atom. The van der Waals surface area contributed by atoms with Crippen LogP contribution in [0.4, 0.5) is 19.0 Å². The first kappa shape index (κ1) is 10.1. The molecule has 74 valence electrons. The molecule has 1 heterocycles. The van der Waals surface area contributed by atoms with Crippen LogP contribution in [-0.4, -0.2) is 11.3 Å². The molecule has 0 bridgehead atoms. The summed E-state index contributed by atoms with van der Waals surface area (Å²) in [4.78, 5) is 3.37. The van der Waals surface area contributed by atoms with Crippen molar-refractivity contribution in [1.82, 2.24) is 4.98 Å². The van der Waals surface area contributed by atoms with Crippen LogP contribution >= 0.6 is 0 Å². The van der Waals surface area contributed by atoms with Gasteiger partial charge in [-0.2, -0.15) is 5.26 Å². The van der Waals surface area contributed by atoms with Crippen LogP contribution in [0.15, 0.2) is 12.3 Å². The van der Waals surface area contributed by atoms with Crippen molar-refractivity contribution in [3.8, 4) is 11.8 Å². The molecule has 0 atom stereocenters. The van der Waals surface area contributed by atoms with Crippen molar-refractivity contribution >= 4 is 5.82 Å². The van der Waals surface area contributed by atoms with Crippen molar-refractivity contribution in [2.45, 2.75) is 6.36 Å². The summed E-state index contributed by atoms with van der Waals surface area (Å²) in [6.45, 7) is 0. The molecule has 1 aromatic heterocycles. The Labute approximate surface area is 76.7 Å². The highest BCUT2D eigenvalue weighted by Crippen LogP contribution is 2.25. The number of pyridine rings is 1. The maximum atomic E-state index is 11.8. The first-order valence-corrected chi connectivity index (χ1v) is 3.34. The summed E-state index contributed by atoms with van der Waals surface area (Å²) in [5.74, 6) is -0.703. The zero-order valence-corrected chi connectivity index (χ0v) is 6.67. The van der Waals surface area contributed by atoms with Gasteiger partial charge in [0.25, 0.3) is 0 Å². The van der Waals surface area contributed by atoms with E-state index in [2.05, 4.69) is 9.72 Å². The van der Waals surface area contributed by atoms with Gasteiger partial charge in [-0.05, 0) is 0 Å². The first-order valence-electron chi connectivity index (χ1n) is 3.34. The second-order valence-electron chi connectivity index (χ2n) is 2.26. The minimum Gasteiger partial charge on any atom is -0.403 e. The summed E-state index contributed by atoms with van der Waals surface area (Å²) in [6, 6.07) is 2.52. The number of nitrogens with two attached hydrogens (primary N) is 1. The maximum Gasteiger partial charge on any atom is 0.573 e. The van der Waals surface area contributed by atoms with Crippen LogP contribution < -0.4 is 10.5 Å². The monoisotopic (exact) mass is 203 g/mol. The van der Waals surface area contributed by atoms with Gasteiger partial charge in [0.05, 0.1) is 11.8 Å². The fraction of sp³-hybridized carbons (Fsp3) is 0.143. The highest BCUT2D eigenvalue weighted by Gasteiger charge is 2.32. The Morgan fingerprint density at radius 2 is 2.14 bits per heavy atom. The zero-order valence-electron chi connectivity index (χ0n) is 6.67. The molecule has 1 aromatic rings. The number of alkyl halides is 3. The summed E-state index contributed by atoms with van der Waals surface area (Å²) in [5, 5.41) is 8.46. The lowest BCUT2D eigenvalue weighted by Gasteiger charge is -2.09. The molecule has 1 rings (SSSR count). The number of halogens is 3. The molecular formula is C7H4F3N3O. The van der Waals surface area contributed by atoms with E-state index >= 15 is 0 Å². The van der Waals surface area contributed by atoms with Gasteiger partial charge in [-0.3, -0.25) is 0 Å². The van der Waals surface area contributed by atoms with E-state index < -0.39 is 12.1 Å². The van der Waals surface area contributed by atoms with Crippen LogP contribution in [-0.2, 0) is 0 Å². The Morgan fingerprint density at radius 3 is 2.64 bits per heavy atom. The zero-order chi connectivity index (χ0) is 10.8. The van der Waals surface area contributed by atoms with E-state index in [1.807, 2.05) is 0 Å². The van der Waals surface area contributed by atoms with Crippen molar-refractivity contribution in [3.05, 3.63) is 17.8 Å². The lowest BCUT2D eigenvalue weighted by Crippen LogP contribution is -2.18. The van der Waals surface area contributed by atoms with Gasteiger partial charge in [0, 0.05) is 6.07 Å². The van der Waals surface area contributed by atoms with Gasteiger partial charge in [-0.15, -0.1) is 13.2 Å². The largest absolute Gasteiger partial charge is 0.573 e. The van der Waals surface area contributed by atoms with Gasteiger partial charge in [0.2, 0.25) is 0 Å². The minimum atomic E-state index is -4.84. The van der Waals surface area contributed by atoms with E-state index in [-0.39, 0.29) is 11.4 Å². The Kier molecular flexibility index (Phi) is 2.47. The van der Waals surface area contributed by atoms with E-state index in [4.69, 9.17) is 11.0 Å². The standard InChI is InChI=1S/C7H4F3N3O/c8-7(9,10)14-5-3-13-6(12)1-4(5)2-11/h1,3H,(H2,12,13). The van der Waals surface area contributed by atoms with Crippen LogP contribution in [0.2, 0.25) is 0 Å². The number of ether oxygens (including phenoxy) is 1. The fourth-order valence-electron chi connectivity index (χ4n) is 0.752. The third-order valence-electron chi connectivity index (χ3n) is 1.23. The fourth-order valence-corrected chi connectivity index (χ4v) is 0.752. The number of aromatic nitrogens is 1. The average molecular weight is 203 g/mol. The third kappa shape index (κ3) is 2.52. The van der Waals surface area contributed by atoms with Gasteiger partial charge in [0.15, 0.2) is 5.75 Å². The quantitative estimate of drug-likeness (QED) is 0.749. The normalized spacial score (nSPS) is 10.7. The van der Waals surface area contributed by atoms with Gasteiger partial charge in [-0.25, -0.2) is 4.98 Å². The van der Waals surface area contributed by atoms with Crippen molar-refractivity contribution in [2.24, 2.45) is 0 Å². The molecule has 2 N–H and O–H groups in total. The maximum absolute atomic E-state index is 11.8. The predicted octanol–water partition coefficient (Wildman–Crippen LogP) is 1.43. The van der Waals surface area contributed by atoms with Crippen molar-refractivity contribution < 1.29 is 17.9 Å². The van der Waals surface area contributed by atoms with E-state index in [1.165, 1.54) is 6.07 Å². The summed E-state index contributed by atoms with van der Waals surface area (Å²) >= 11 is 0. The molecule has 7 heteroatoms. The number of nitrogens with zero attached hydrogens (tertiary/aromatic N) is 2. The van der Waals surface area contributed by atoms with Crippen LogP contribution in [0, 0.1) is 11.3 Å². The molecule has 0 saturated heterocycles. The number of anilines is 1. The SMILES string of the molecule is N#Cc1cc(N)ncc1OC(F)(F)F. The molecule has 4 nitrogen and oxygen atoms in total. The van der Waals surface area contributed by atoms with E-state index in [1.54, 1.807) is 0 Å². The summed E-state index contributed by atoms with van der Waals surface area (Å²) < 4.78 is 38.8. The summed E-state index contributed by atoms with van der Waals surface area (Å²) in [6.07, 6.45) is -4.09. The number of rotatable bonds is 1. The lowest BCUT2D eigenvalue weighted by atomic mass is 10.2. The topological polar surface area (TPSA) is 71.9 Å². The van der Waals surface area contributed by atoms with E-state index in [0.29, 0.717) is 0 Å². The molecule has 0 fully saturated rings. The molecule has 0 aliphatic heterocycles. The molecule has 0 spiro atoms. The molecule has 0 aliphatic carbocycles. The molecule has 0 radical (unpaired) electrons. The van der Waals surface area contributed by atoms with Crippen LogP contribution in [0.1, 0.15) is 5.56 Å². The summed E-state index contributed by atoms with van der Waals surface area (Å²) in [7, 11) is 0. The van der Waals surface area contributed by atoms with Crippen molar-refractivity contribution in [2.75, 3.05) is 5.73 Å². The van der Waals surface area contributed by atoms with E-state index in [0.717, 1.165) is 12.3 Å². The number of hydrogen-bond donors (Lipinski definition) is 1. The van der Waals surface area contributed by atoms with Crippen LogP contribution in [0.25, 0.3) is 0 Å². The Bertz CT molecular complexity index is 383. The third-order valence-corrected chi connectivity index (χ3v) is 1.23. The van der Waals surface area contributed by atoms with Crippen LogP contribution in [0.3, 0.4) is 0 Å². The summed E-state index contributed by atoms with van der Waals surface area (Å²) in [5.41, 5.74) is 4.86. The predicted molar refractivity (Wildman–Crippen MR) is 40.0 cm³/mol. The molecule has 0 unspecified atom stereocenters. The second kappa shape index (κ2) is 3.41. The van der Waals surface area contributed by atoms with E-state index in [9.17, 15) is 13.2 Å². The molecule has 14 heavy (non-hydrogen) atoms. The Balaban J connectivity index is 3.05. The minimum absolute atomic E-state index is 0.0453. The average Bonchev–Trinajstić information content (AvgIpc) is 2.06. The van der Waals surface area contributed by atoms with Crippen molar-refractivity contribution in [3.63, 3.8) is 0 Å². The molecule has 0 amide bonds. The van der Waals surface area contributed by atoms with Gasteiger partial charge < -0.3 is 10.5 Å². The van der Waals surface area contributed by atoms with Gasteiger partial charge >= 0.3 is 6.36 Å². The second-order valence-corrected chi connectivity index (χ2v) is 2.26. The number of nitriles is 1. The molecule has 0 aromatic carbocycles. The molecular weight excluding hydrogens is 199 g/mol. The van der Waals surface area contributed by atoms with Crippen molar-refractivity contribution in [1.29, 1.82) is 5.26 Å². The Hall–Kier alpha value is -1.97. The first-order chi connectivity index (χ1) is 6.42. The van der Waals surface area contributed by atoms with Gasteiger partial charge in [0.1, 0.15) is 11.9 Å². The number of hydrogen-bond acceptors (Lipinski definition) is 4. The van der Waals surface area contributed by atoms with Gasteiger partial charge in [-0.1, -0.05) is 0 Å². The molecule has 0 saturated carbocycles. The highest BCUT2D eigenvalue weighted by atomic mass is 19.4.